The Morgan fingerprint density at radius 1 is 0.659 bits per heavy atom. The SMILES string of the molecule is CC(C)c1cc(-c2ccccc2)cc(C(C)C)c1-n1c(-c2csc3ccc(-c4ccsc4)cc23)nc2ccccc21. The highest BCUT2D eigenvalue weighted by Crippen LogP contribution is 2.43. The summed E-state index contributed by atoms with van der Waals surface area (Å²) >= 11 is 3.54. The van der Waals surface area contributed by atoms with Gasteiger partial charge in [-0.1, -0.05) is 76.2 Å². The lowest BCUT2D eigenvalue weighted by molar-refractivity contribution is 0.812. The maximum atomic E-state index is 5.33. The van der Waals surface area contributed by atoms with Crippen molar-refractivity contribution in [3.63, 3.8) is 0 Å². The monoisotopic (exact) mass is 568 g/mol. The zero-order valence-electron chi connectivity index (χ0n) is 23.8. The van der Waals surface area contributed by atoms with Crippen LogP contribution in [0.25, 0.3) is 60.4 Å². The first-order valence-corrected chi connectivity index (χ1v) is 16.1. The largest absolute Gasteiger partial charge is 0.292 e. The van der Waals surface area contributed by atoms with Crippen molar-refractivity contribution in [3.05, 3.63) is 118 Å². The van der Waals surface area contributed by atoms with Crippen molar-refractivity contribution in [3.8, 4) is 39.3 Å². The zero-order valence-corrected chi connectivity index (χ0v) is 25.4. The lowest BCUT2D eigenvalue weighted by Crippen LogP contribution is -2.09. The third-order valence-electron chi connectivity index (χ3n) is 7.97. The normalized spacial score (nSPS) is 11.9. The minimum Gasteiger partial charge on any atom is -0.292 e. The highest BCUT2D eigenvalue weighted by atomic mass is 32.1. The summed E-state index contributed by atoms with van der Waals surface area (Å²) in [6.45, 7) is 9.24. The van der Waals surface area contributed by atoms with Crippen LogP contribution >= 0.6 is 22.7 Å². The predicted octanol–water partition coefficient (Wildman–Crippen LogP) is 11.5. The molecule has 7 rings (SSSR count). The topological polar surface area (TPSA) is 17.8 Å². The van der Waals surface area contributed by atoms with E-state index in [0.29, 0.717) is 11.8 Å². The van der Waals surface area contributed by atoms with Crippen LogP contribution in [0.1, 0.15) is 50.7 Å². The summed E-state index contributed by atoms with van der Waals surface area (Å²) in [6, 6.07) is 33.2. The third-order valence-corrected chi connectivity index (χ3v) is 9.62. The first kappa shape index (κ1) is 25.9. The van der Waals surface area contributed by atoms with Crippen LogP contribution in [-0.2, 0) is 0 Å². The molecule has 41 heavy (non-hydrogen) atoms. The fraction of sp³-hybridized carbons (Fsp3) is 0.162. The molecule has 0 aliphatic carbocycles. The van der Waals surface area contributed by atoms with Crippen LogP contribution in [0.4, 0.5) is 0 Å². The van der Waals surface area contributed by atoms with Gasteiger partial charge in [0.05, 0.1) is 16.7 Å². The van der Waals surface area contributed by atoms with Crippen molar-refractivity contribution in [2.75, 3.05) is 0 Å². The number of benzene rings is 4. The minimum absolute atomic E-state index is 0.338. The minimum atomic E-state index is 0.338. The van der Waals surface area contributed by atoms with E-state index in [1.54, 1.807) is 22.7 Å². The first-order chi connectivity index (χ1) is 20.0. The molecule has 0 atom stereocenters. The number of fused-ring (bicyclic) bond motifs is 2. The Morgan fingerprint density at radius 2 is 1.39 bits per heavy atom. The van der Waals surface area contributed by atoms with Crippen molar-refractivity contribution >= 4 is 43.8 Å². The van der Waals surface area contributed by atoms with Crippen LogP contribution in [0.5, 0.6) is 0 Å². The molecule has 0 spiro atoms. The van der Waals surface area contributed by atoms with Gasteiger partial charge < -0.3 is 0 Å². The molecule has 0 saturated heterocycles. The second-order valence-corrected chi connectivity index (χ2v) is 13.0. The Labute approximate surface area is 249 Å². The van der Waals surface area contributed by atoms with E-state index in [9.17, 15) is 0 Å². The molecule has 2 nitrogen and oxygen atoms in total. The number of thiophene rings is 2. The fourth-order valence-electron chi connectivity index (χ4n) is 5.86. The molecule has 0 amide bonds. The first-order valence-electron chi connectivity index (χ1n) is 14.2. The quantitative estimate of drug-likeness (QED) is 0.195. The van der Waals surface area contributed by atoms with Gasteiger partial charge in [-0.15, -0.1) is 11.3 Å². The zero-order chi connectivity index (χ0) is 28.1. The number of para-hydroxylation sites is 2. The predicted molar refractivity (Wildman–Crippen MR) is 179 cm³/mol. The number of rotatable bonds is 6. The molecule has 202 valence electrons. The summed E-state index contributed by atoms with van der Waals surface area (Å²) in [6.07, 6.45) is 0. The Balaban J connectivity index is 1.54. The van der Waals surface area contributed by atoms with Crippen molar-refractivity contribution in [2.24, 2.45) is 0 Å². The van der Waals surface area contributed by atoms with Gasteiger partial charge in [-0.3, -0.25) is 4.57 Å². The molecule has 0 aliphatic heterocycles. The number of hydrogen-bond donors (Lipinski definition) is 0. The van der Waals surface area contributed by atoms with Gasteiger partial charge in [0, 0.05) is 21.0 Å². The van der Waals surface area contributed by atoms with E-state index in [-0.39, 0.29) is 0 Å². The molecule has 0 saturated carbocycles. The van der Waals surface area contributed by atoms with E-state index in [0.717, 1.165) is 16.9 Å². The van der Waals surface area contributed by atoms with Crippen LogP contribution in [0.2, 0.25) is 0 Å². The van der Waals surface area contributed by atoms with E-state index < -0.39 is 0 Å². The van der Waals surface area contributed by atoms with Gasteiger partial charge >= 0.3 is 0 Å². The van der Waals surface area contributed by atoms with Gasteiger partial charge in [-0.2, -0.15) is 11.3 Å². The summed E-state index contributed by atoms with van der Waals surface area (Å²) in [4.78, 5) is 5.33. The number of imidazole rings is 1. The van der Waals surface area contributed by atoms with E-state index in [4.69, 9.17) is 4.98 Å². The lowest BCUT2D eigenvalue weighted by Gasteiger charge is -2.24. The molecule has 0 aliphatic rings. The molecule has 3 aromatic heterocycles. The van der Waals surface area contributed by atoms with Crippen LogP contribution in [0, 0.1) is 0 Å². The molecule has 3 heterocycles. The number of nitrogens with zero attached hydrogens (tertiary/aromatic N) is 2. The number of hydrogen-bond acceptors (Lipinski definition) is 3. The molecule has 0 fully saturated rings. The molecular formula is C37H32N2S2. The summed E-state index contributed by atoms with van der Waals surface area (Å²) in [5.74, 6) is 1.69. The van der Waals surface area contributed by atoms with E-state index in [1.807, 2.05) is 0 Å². The van der Waals surface area contributed by atoms with Crippen molar-refractivity contribution in [2.45, 2.75) is 39.5 Å². The van der Waals surface area contributed by atoms with Crippen LogP contribution < -0.4 is 0 Å². The molecule has 0 radical (unpaired) electrons. The average molecular weight is 569 g/mol. The second kappa shape index (κ2) is 10.4. The van der Waals surface area contributed by atoms with Crippen LogP contribution in [0.15, 0.2) is 107 Å². The Morgan fingerprint density at radius 3 is 2.10 bits per heavy atom. The Kier molecular flexibility index (Phi) is 6.61. The standard InChI is InChI=1S/C37H32N2S2/c1-23(2)29-19-28(25-10-6-5-7-11-25)20-30(24(3)4)36(29)39-34-13-9-8-12-33(34)38-37(39)32-22-41-35-15-14-26(18-31(32)35)27-16-17-40-21-27/h5-24H,1-4H3. The van der Waals surface area contributed by atoms with E-state index >= 15 is 0 Å². The summed E-state index contributed by atoms with van der Waals surface area (Å²) < 4.78 is 3.73. The number of aromatic nitrogens is 2. The molecular weight excluding hydrogens is 537 g/mol. The highest BCUT2D eigenvalue weighted by Gasteiger charge is 2.24. The molecule has 0 bridgehead atoms. The molecule has 0 unspecified atom stereocenters. The maximum Gasteiger partial charge on any atom is 0.147 e. The fourth-order valence-corrected chi connectivity index (χ4v) is 7.44. The van der Waals surface area contributed by atoms with Gasteiger partial charge in [0.15, 0.2) is 0 Å². The van der Waals surface area contributed by atoms with E-state index in [2.05, 4.69) is 139 Å². The molecule has 4 heteroatoms. The smallest absolute Gasteiger partial charge is 0.147 e. The van der Waals surface area contributed by atoms with Gasteiger partial charge in [0.2, 0.25) is 0 Å². The maximum absolute atomic E-state index is 5.33. The van der Waals surface area contributed by atoms with Crippen LogP contribution in [-0.4, -0.2) is 9.55 Å². The van der Waals surface area contributed by atoms with Crippen LogP contribution in [0.3, 0.4) is 0 Å². The Bertz CT molecular complexity index is 1960. The summed E-state index contributed by atoms with van der Waals surface area (Å²) in [5.41, 5.74) is 12.4. The summed E-state index contributed by atoms with van der Waals surface area (Å²) in [5, 5.41) is 7.92. The second-order valence-electron chi connectivity index (χ2n) is 11.3. The molecule has 7 aromatic rings. The van der Waals surface area contributed by atoms with Crippen molar-refractivity contribution < 1.29 is 0 Å². The van der Waals surface area contributed by atoms with Crippen molar-refractivity contribution in [1.82, 2.24) is 9.55 Å². The highest BCUT2D eigenvalue weighted by molar-refractivity contribution is 7.17. The van der Waals surface area contributed by atoms with Crippen molar-refractivity contribution in [1.29, 1.82) is 0 Å². The third kappa shape index (κ3) is 4.52. The van der Waals surface area contributed by atoms with E-state index in [1.165, 1.54) is 54.7 Å². The van der Waals surface area contributed by atoms with Gasteiger partial charge in [0.25, 0.3) is 0 Å². The summed E-state index contributed by atoms with van der Waals surface area (Å²) in [7, 11) is 0. The van der Waals surface area contributed by atoms with Gasteiger partial charge in [-0.25, -0.2) is 4.98 Å². The van der Waals surface area contributed by atoms with Gasteiger partial charge in [-0.05, 0) is 98.4 Å². The molecule has 0 N–H and O–H groups in total. The lowest BCUT2D eigenvalue weighted by atomic mass is 9.88. The Hall–Kier alpha value is -3.99. The van der Waals surface area contributed by atoms with Gasteiger partial charge in [0.1, 0.15) is 5.82 Å². The molecule has 4 aromatic carbocycles. The average Bonchev–Trinajstić information content (AvgIpc) is 3.75.